The molecule has 46 valence electrons. The third-order valence-electron chi connectivity index (χ3n) is 1.36. The number of hydrogen-bond donors (Lipinski definition) is 0. The summed E-state index contributed by atoms with van der Waals surface area (Å²) in [6, 6.07) is 0. The Bertz CT molecular complexity index is 200. The first-order valence-electron chi connectivity index (χ1n) is 2.94. The van der Waals surface area contributed by atoms with Gasteiger partial charge in [-0.2, -0.15) is 0 Å². The average Bonchev–Trinajstić information content (AvgIpc) is 2.33. The predicted molar refractivity (Wildman–Crippen MR) is 34.2 cm³/mol. The Balaban J connectivity index is 2.33. The highest BCUT2D eigenvalue weighted by molar-refractivity contribution is 5.27. The van der Waals surface area contributed by atoms with Gasteiger partial charge in [-0.25, -0.2) is 5.06 Å². The molecule has 0 aromatic heterocycles. The van der Waals surface area contributed by atoms with Crippen molar-refractivity contribution in [1.29, 1.82) is 0 Å². The van der Waals surface area contributed by atoms with Crippen molar-refractivity contribution in [2.75, 3.05) is 6.61 Å². The summed E-state index contributed by atoms with van der Waals surface area (Å²) in [4.78, 5) is 5.16. The van der Waals surface area contributed by atoms with Crippen molar-refractivity contribution in [3.05, 3.63) is 36.2 Å². The van der Waals surface area contributed by atoms with Crippen LogP contribution in [0.3, 0.4) is 0 Å². The topological polar surface area (TPSA) is 12.5 Å². The van der Waals surface area contributed by atoms with Crippen LogP contribution in [-0.4, -0.2) is 11.7 Å². The summed E-state index contributed by atoms with van der Waals surface area (Å²) >= 11 is 0. The fourth-order valence-electron chi connectivity index (χ4n) is 0.920. The molecule has 0 unspecified atom stereocenters. The lowest BCUT2D eigenvalue weighted by Crippen LogP contribution is -2.10. The molecule has 0 saturated carbocycles. The molecule has 2 heterocycles. The lowest BCUT2D eigenvalue weighted by molar-refractivity contribution is -0.0548. The van der Waals surface area contributed by atoms with Crippen molar-refractivity contribution >= 4 is 0 Å². The van der Waals surface area contributed by atoms with Crippen LogP contribution in [0.2, 0.25) is 0 Å². The number of rotatable bonds is 0. The molecule has 0 aliphatic carbocycles. The average molecular weight is 121 g/mol. The van der Waals surface area contributed by atoms with Crippen LogP contribution in [0.1, 0.15) is 0 Å². The Morgan fingerprint density at radius 1 is 1.44 bits per heavy atom. The van der Waals surface area contributed by atoms with E-state index in [0.717, 1.165) is 5.70 Å². The van der Waals surface area contributed by atoms with Gasteiger partial charge in [0.25, 0.3) is 0 Å². The molecular formula is C7H7NO. The summed E-state index contributed by atoms with van der Waals surface area (Å²) in [6.45, 7) is 0.698. The number of fused-ring (bicyclic) bond motifs is 1. The molecule has 0 amide bonds. The van der Waals surface area contributed by atoms with Gasteiger partial charge >= 0.3 is 0 Å². The number of allylic oxidation sites excluding steroid dienone is 3. The van der Waals surface area contributed by atoms with Crippen molar-refractivity contribution < 1.29 is 4.84 Å². The smallest absolute Gasteiger partial charge is 0.0958 e. The second-order valence-corrected chi connectivity index (χ2v) is 1.95. The number of hydroxylamine groups is 2. The molecule has 2 nitrogen and oxygen atoms in total. The second-order valence-electron chi connectivity index (χ2n) is 1.95. The monoisotopic (exact) mass is 121 g/mol. The first-order chi connectivity index (χ1) is 4.47. The van der Waals surface area contributed by atoms with Crippen LogP contribution >= 0.6 is 0 Å². The van der Waals surface area contributed by atoms with Crippen molar-refractivity contribution in [2.24, 2.45) is 0 Å². The van der Waals surface area contributed by atoms with E-state index in [4.69, 9.17) is 4.84 Å². The highest BCUT2D eigenvalue weighted by Crippen LogP contribution is 2.17. The highest BCUT2D eigenvalue weighted by Gasteiger charge is 2.11. The molecule has 2 rings (SSSR count). The SMILES string of the molecule is C1=CC2=CCON2C=C1. The van der Waals surface area contributed by atoms with Gasteiger partial charge in [0, 0.05) is 6.20 Å². The van der Waals surface area contributed by atoms with Gasteiger partial charge in [-0.1, -0.05) is 6.08 Å². The van der Waals surface area contributed by atoms with Crippen LogP contribution in [0.15, 0.2) is 36.2 Å². The van der Waals surface area contributed by atoms with Gasteiger partial charge in [-0.3, -0.25) is 4.84 Å². The number of nitrogens with zero attached hydrogens (tertiary/aromatic N) is 1. The molecule has 0 bridgehead atoms. The van der Waals surface area contributed by atoms with Crippen molar-refractivity contribution in [1.82, 2.24) is 5.06 Å². The minimum atomic E-state index is 0.698. The van der Waals surface area contributed by atoms with Crippen molar-refractivity contribution in [3.8, 4) is 0 Å². The van der Waals surface area contributed by atoms with Crippen LogP contribution in [0, 0.1) is 0 Å². The van der Waals surface area contributed by atoms with E-state index >= 15 is 0 Å². The van der Waals surface area contributed by atoms with E-state index in [0.29, 0.717) is 6.61 Å². The van der Waals surface area contributed by atoms with Crippen LogP contribution in [0.25, 0.3) is 0 Å². The van der Waals surface area contributed by atoms with Crippen molar-refractivity contribution in [3.63, 3.8) is 0 Å². The summed E-state index contributed by atoms with van der Waals surface area (Å²) in [6.07, 6.45) is 9.91. The minimum absolute atomic E-state index is 0.698. The van der Waals surface area contributed by atoms with Gasteiger partial charge in [-0.15, -0.1) is 0 Å². The molecule has 0 aromatic rings. The second kappa shape index (κ2) is 1.74. The zero-order valence-corrected chi connectivity index (χ0v) is 4.95. The highest BCUT2D eigenvalue weighted by atomic mass is 16.7. The fourth-order valence-corrected chi connectivity index (χ4v) is 0.920. The van der Waals surface area contributed by atoms with E-state index in [1.165, 1.54) is 0 Å². The number of hydrogen-bond acceptors (Lipinski definition) is 2. The van der Waals surface area contributed by atoms with E-state index < -0.39 is 0 Å². The van der Waals surface area contributed by atoms with E-state index in [9.17, 15) is 0 Å². The Morgan fingerprint density at radius 3 is 3.33 bits per heavy atom. The lowest BCUT2D eigenvalue weighted by Gasteiger charge is -2.14. The summed E-state index contributed by atoms with van der Waals surface area (Å²) in [5, 5.41) is 1.76. The molecule has 2 aliphatic heterocycles. The van der Waals surface area contributed by atoms with Gasteiger partial charge in [0.05, 0.1) is 12.3 Å². The van der Waals surface area contributed by atoms with E-state index in [1.807, 2.05) is 30.5 Å². The van der Waals surface area contributed by atoms with Crippen LogP contribution in [0.4, 0.5) is 0 Å². The molecule has 0 radical (unpaired) electrons. The molecule has 0 N–H and O–H groups in total. The van der Waals surface area contributed by atoms with Gasteiger partial charge in [0.15, 0.2) is 0 Å². The molecule has 0 atom stereocenters. The Kier molecular flexibility index (Phi) is 0.932. The van der Waals surface area contributed by atoms with E-state index in [-0.39, 0.29) is 0 Å². The van der Waals surface area contributed by atoms with E-state index in [1.54, 1.807) is 5.06 Å². The lowest BCUT2D eigenvalue weighted by atomic mass is 10.3. The molecule has 0 aromatic carbocycles. The molecular weight excluding hydrogens is 114 g/mol. The maximum absolute atomic E-state index is 5.16. The first-order valence-corrected chi connectivity index (χ1v) is 2.94. The largest absolute Gasteiger partial charge is 0.265 e. The summed E-state index contributed by atoms with van der Waals surface area (Å²) in [7, 11) is 0. The van der Waals surface area contributed by atoms with E-state index in [2.05, 4.69) is 0 Å². The van der Waals surface area contributed by atoms with Crippen molar-refractivity contribution in [2.45, 2.75) is 0 Å². The van der Waals surface area contributed by atoms with Gasteiger partial charge < -0.3 is 0 Å². The minimum Gasteiger partial charge on any atom is -0.265 e. The predicted octanol–water partition coefficient (Wildman–Crippen LogP) is 1.20. The van der Waals surface area contributed by atoms with Crippen LogP contribution < -0.4 is 0 Å². The first kappa shape index (κ1) is 4.82. The van der Waals surface area contributed by atoms with Crippen LogP contribution in [-0.2, 0) is 4.84 Å². The Hall–Kier alpha value is -1.02. The Morgan fingerprint density at radius 2 is 2.44 bits per heavy atom. The summed E-state index contributed by atoms with van der Waals surface area (Å²) in [5.74, 6) is 0. The molecule has 0 spiro atoms. The third kappa shape index (κ3) is 0.678. The normalized spacial score (nSPS) is 22.2. The van der Waals surface area contributed by atoms with Crippen LogP contribution in [0.5, 0.6) is 0 Å². The molecule has 2 heteroatoms. The quantitative estimate of drug-likeness (QED) is 0.477. The fraction of sp³-hybridized carbons (Fsp3) is 0.143. The zero-order chi connectivity index (χ0) is 6.10. The van der Waals surface area contributed by atoms with Gasteiger partial charge in [0.2, 0.25) is 0 Å². The molecule has 0 fully saturated rings. The van der Waals surface area contributed by atoms with Gasteiger partial charge in [0.1, 0.15) is 0 Å². The maximum atomic E-state index is 5.16. The molecule has 0 saturated heterocycles. The molecule has 9 heavy (non-hydrogen) atoms. The molecule has 2 aliphatic rings. The zero-order valence-electron chi connectivity index (χ0n) is 4.95. The summed E-state index contributed by atoms with van der Waals surface area (Å²) < 4.78 is 0. The summed E-state index contributed by atoms with van der Waals surface area (Å²) in [5.41, 5.74) is 1.14. The maximum Gasteiger partial charge on any atom is 0.0958 e. The van der Waals surface area contributed by atoms with Gasteiger partial charge in [-0.05, 0) is 18.2 Å². The third-order valence-corrected chi connectivity index (χ3v) is 1.36. The Labute approximate surface area is 53.7 Å². The standard InChI is InChI=1S/C7H7NO/c1-2-5-8-7(3-1)4-6-9-8/h1-5H,6H2.